The van der Waals surface area contributed by atoms with Gasteiger partial charge in [-0.15, -0.1) is 0 Å². The molecule has 6 nitrogen and oxygen atoms in total. The van der Waals surface area contributed by atoms with E-state index in [4.69, 9.17) is 0 Å². The van der Waals surface area contributed by atoms with Gasteiger partial charge in [0.2, 0.25) is 20.0 Å². The molecule has 0 bridgehead atoms. The van der Waals surface area contributed by atoms with Crippen molar-refractivity contribution in [3.05, 3.63) is 59.2 Å². The lowest BCUT2D eigenvalue weighted by Crippen LogP contribution is -2.38. The van der Waals surface area contributed by atoms with Crippen molar-refractivity contribution in [1.29, 1.82) is 0 Å². The molecular formula is C18H24N2O4S2. The predicted molar refractivity (Wildman–Crippen MR) is 104 cm³/mol. The first-order chi connectivity index (χ1) is 12.0. The van der Waals surface area contributed by atoms with Crippen LogP contribution < -0.4 is 9.03 Å². The van der Waals surface area contributed by atoms with Crippen LogP contribution in [0.25, 0.3) is 0 Å². The molecule has 0 atom stereocenters. The van der Waals surface area contributed by atoms with E-state index in [1.165, 1.54) is 4.31 Å². The second kappa shape index (κ2) is 7.77. The van der Waals surface area contributed by atoms with Gasteiger partial charge in [0, 0.05) is 13.1 Å². The van der Waals surface area contributed by atoms with Crippen molar-refractivity contribution in [2.45, 2.75) is 25.7 Å². The van der Waals surface area contributed by atoms with Gasteiger partial charge in [-0.25, -0.2) is 21.6 Å². The Balaban J connectivity index is 2.20. The Bertz CT molecular complexity index is 962. The minimum atomic E-state index is -3.73. The monoisotopic (exact) mass is 396 g/mol. The molecule has 142 valence electrons. The number of hydrogen-bond acceptors (Lipinski definition) is 4. The Kier molecular flexibility index (Phi) is 6.10. The molecule has 0 aliphatic heterocycles. The number of para-hydroxylation sites is 1. The highest BCUT2D eigenvalue weighted by atomic mass is 32.2. The maximum absolute atomic E-state index is 12.7. The van der Waals surface area contributed by atoms with Crippen LogP contribution in [0.1, 0.15) is 16.7 Å². The average Bonchev–Trinajstić information content (AvgIpc) is 2.49. The van der Waals surface area contributed by atoms with E-state index in [2.05, 4.69) is 4.72 Å². The normalized spacial score (nSPS) is 12.2. The van der Waals surface area contributed by atoms with E-state index in [1.807, 2.05) is 19.1 Å². The minimum Gasteiger partial charge on any atom is -0.269 e. The lowest BCUT2D eigenvalue weighted by molar-refractivity contribution is 0.577. The molecule has 0 aromatic heterocycles. The first-order valence-corrected chi connectivity index (χ1v) is 11.5. The fourth-order valence-corrected chi connectivity index (χ4v) is 5.42. The highest BCUT2D eigenvalue weighted by Crippen LogP contribution is 2.21. The molecular weight excluding hydrogens is 372 g/mol. The van der Waals surface area contributed by atoms with E-state index in [-0.39, 0.29) is 18.0 Å². The fourth-order valence-electron chi connectivity index (χ4n) is 3.03. The lowest BCUT2D eigenvalue weighted by atomic mass is 10.1. The van der Waals surface area contributed by atoms with Gasteiger partial charge in [0.25, 0.3) is 0 Å². The SMILES string of the molecule is Cc1cc(C)c(S(=O)(=O)NCCN(c2ccccc2)S(C)(=O)=O)c(C)c1. The minimum absolute atomic E-state index is 0.00599. The Labute approximate surface area is 156 Å². The third kappa shape index (κ3) is 4.84. The molecule has 26 heavy (non-hydrogen) atoms. The van der Waals surface area contributed by atoms with E-state index >= 15 is 0 Å². The molecule has 0 heterocycles. The van der Waals surface area contributed by atoms with Crippen LogP contribution in [0.4, 0.5) is 5.69 Å². The van der Waals surface area contributed by atoms with E-state index in [9.17, 15) is 16.8 Å². The summed E-state index contributed by atoms with van der Waals surface area (Å²) < 4.78 is 53.2. The second-order valence-corrected chi connectivity index (χ2v) is 9.91. The molecule has 0 radical (unpaired) electrons. The van der Waals surface area contributed by atoms with Gasteiger partial charge in [-0.1, -0.05) is 35.9 Å². The third-order valence-electron chi connectivity index (χ3n) is 3.92. The van der Waals surface area contributed by atoms with Gasteiger partial charge in [0.1, 0.15) is 0 Å². The van der Waals surface area contributed by atoms with Crippen molar-refractivity contribution in [3.63, 3.8) is 0 Å². The summed E-state index contributed by atoms with van der Waals surface area (Å²) in [6.45, 7) is 5.39. The van der Waals surface area contributed by atoms with E-state index < -0.39 is 20.0 Å². The molecule has 0 amide bonds. The zero-order chi connectivity index (χ0) is 19.5. The number of sulfonamides is 2. The van der Waals surface area contributed by atoms with Gasteiger partial charge in [0.15, 0.2) is 0 Å². The zero-order valence-corrected chi connectivity index (χ0v) is 17.0. The quantitative estimate of drug-likeness (QED) is 0.779. The first kappa shape index (κ1) is 20.4. The van der Waals surface area contributed by atoms with Crippen molar-refractivity contribution >= 4 is 25.7 Å². The zero-order valence-electron chi connectivity index (χ0n) is 15.4. The standard InChI is InChI=1S/C18H24N2O4S2/c1-14-12-15(2)18(16(3)13-14)26(23,24)19-10-11-20(25(4,21)22)17-8-6-5-7-9-17/h5-9,12-13,19H,10-11H2,1-4H3. The molecule has 0 fully saturated rings. The molecule has 0 unspecified atom stereocenters. The summed E-state index contributed by atoms with van der Waals surface area (Å²) >= 11 is 0. The second-order valence-electron chi connectivity index (χ2n) is 6.30. The molecule has 1 N–H and O–H groups in total. The summed E-state index contributed by atoms with van der Waals surface area (Å²) in [5.74, 6) is 0. The van der Waals surface area contributed by atoms with Gasteiger partial charge < -0.3 is 0 Å². The van der Waals surface area contributed by atoms with Gasteiger partial charge in [0.05, 0.1) is 16.8 Å². The van der Waals surface area contributed by atoms with E-state index in [0.717, 1.165) is 11.8 Å². The Morgan fingerprint density at radius 2 is 1.46 bits per heavy atom. The summed E-state index contributed by atoms with van der Waals surface area (Å²) in [4.78, 5) is 0.244. The van der Waals surface area contributed by atoms with Gasteiger partial charge in [-0.05, 0) is 44.0 Å². The highest BCUT2D eigenvalue weighted by Gasteiger charge is 2.22. The van der Waals surface area contributed by atoms with Crippen LogP contribution in [0, 0.1) is 20.8 Å². The molecule has 0 saturated heterocycles. The van der Waals surface area contributed by atoms with Gasteiger partial charge in [-0.3, -0.25) is 4.31 Å². The summed E-state index contributed by atoms with van der Waals surface area (Å²) in [7, 11) is -7.26. The van der Waals surface area contributed by atoms with Gasteiger partial charge >= 0.3 is 0 Å². The largest absolute Gasteiger partial charge is 0.269 e. The van der Waals surface area contributed by atoms with Crippen LogP contribution in [-0.2, 0) is 20.0 Å². The maximum Gasteiger partial charge on any atom is 0.241 e. The topological polar surface area (TPSA) is 83.6 Å². The summed E-state index contributed by atoms with van der Waals surface area (Å²) in [6, 6.07) is 12.2. The molecule has 0 spiro atoms. The van der Waals surface area contributed by atoms with Crippen LogP contribution in [0.15, 0.2) is 47.4 Å². The highest BCUT2D eigenvalue weighted by molar-refractivity contribution is 7.92. The number of benzene rings is 2. The van der Waals surface area contributed by atoms with Crippen LogP contribution in [0.5, 0.6) is 0 Å². The van der Waals surface area contributed by atoms with Crippen molar-refractivity contribution < 1.29 is 16.8 Å². The molecule has 8 heteroatoms. The first-order valence-electron chi connectivity index (χ1n) is 8.12. The predicted octanol–water partition coefficient (Wildman–Crippen LogP) is 2.36. The van der Waals surface area contributed by atoms with Crippen molar-refractivity contribution in [3.8, 4) is 0 Å². The molecule has 2 aromatic rings. The number of nitrogens with one attached hydrogen (secondary N) is 1. The van der Waals surface area contributed by atoms with Crippen molar-refractivity contribution in [2.75, 3.05) is 23.7 Å². The number of aryl methyl sites for hydroxylation is 3. The number of hydrogen-bond donors (Lipinski definition) is 1. The Hall–Kier alpha value is -1.90. The number of nitrogens with zero attached hydrogens (tertiary/aromatic N) is 1. The third-order valence-corrected chi connectivity index (χ3v) is 6.88. The lowest BCUT2D eigenvalue weighted by Gasteiger charge is -2.22. The smallest absolute Gasteiger partial charge is 0.241 e. The number of rotatable bonds is 7. The molecule has 0 aliphatic rings. The number of anilines is 1. The van der Waals surface area contributed by atoms with Crippen LogP contribution in [0.3, 0.4) is 0 Å². The summed E-state index contributed by atoms with van der Waals surface area (Å²) in [5, 5.41) is 0. The van der Waals surface area contributed by atoms with E-state index in [1.54, 1.807) is 44.2 Å². The molecule has 0 aliphatic carbocycles. The van der Waals surface area contributed by atoms with E-state index in [0.29, 0.717) is 16.8 Å². The van der Waals surface area contributed by atoms with Crippen molar-refractivity contribution in [1.82, 2.24) is 4.72 Å². The molecule has 2 aromatic carbocycles. The van der Waals surface area contributed by atoms with Gasteiger partial charge in [-0.2, -0.15) is 0 Å². The van der Waals surface area contributed by atoms with Crippen molar-refractivity contribution in [2.24, 2.45) is 0 Å². The Morgan fingerprint density at radius 3 is 1.96 bits per heavy atom. The molecule has 0 saturated carbocycles. The summed E-state index contributed by atoms with van der Waals surface area (Å²) in [6.07, 6.45) is 1.10. The summed E-state index contributed by atoms with van der Waals surface area (Å²) in [5.41, 5.74) is 2.82. The van der Waals surface area contributed by atoms with Crippen LogP contribution in [-0.4, -0.2) is 36.2 Å². The molecule has 2 rings (SSSR count). The van der Waals surface area contributed by atoms with Crippen LogP contribution in [0.2, 0.25) is 0 Å². The van der Waals surface area contributed by atoms with Crippen LogP contribution >= 0.6 is 0 Å². The maximum atomic E-state index is 12.7. The fraction of sp³-hybridized carbons (Fsp3) is 0.333. The average molecular weight is 397 g/mol. The Morgan fingerprint density at radius 1 is 0.923 bits per heavy atom.